The summed E-state index contributed by atoms with van der Waals surface area (Å²) in [5.41, 5.74) is 1.47. The maximum atomic E-state index is 13.6. The molecule has 33 heavy (non-hydrogen) atoms. The Morgan fingerprint density at radius 2 is 1.82 bits per heavy atom. The molecular formula is C26H23N3O4. The number of hydrogen-bond acceptors (Lipinski definition) is 4. The number of benzene rings is 3. The van der Waals surface area contributed by atoms with E-state index in [-0.39, 0.29) is 36.3 Å². The number of amides is 4. The molecule has 3 aromatic carbocycles. The molecule has 7 nitrogen and oxygen atoms in total. The minimum absolute atomic E-state index is 0.0285. The zero-order chi connectivity index (χ0) is 22.7. The Hall–Kier alpha value is -3.87. The number of methoxy groups -OCH3 is 1. The number of likely N-dealkylation sites (tertiary alicyclic amines) is 1. The smallest absolute Gasteiger partial charge is 0.332 e. The van der Waals surface area contributed by atoms with Crippen LogP contribution in [0.15, 0.2) is 66.7 Å². The van der Waals surface area contributed by atoms with Gasteiger partial charge < -0.3 is 14.5 Å². The summed E-state index contributed by atoms with van der Waals surface area (Å²) in [4.78, 5) is 44.9. The topological polar surface area (TPSA) is 70.2 Å². The van der Waals surface area contributed by atoms with E-state index in [2.05, 4.69) is 0 Å². The standard InChI is InChI=1S/C26H23N3O4/c1-33-19-9-4-6-16(12-19)13-23(30)27-15-18-14-22(27)24-25(31)29(26(32)28(18)24)21-11-5-8-17-7-2-3-10-20(17)21/h2-12,18,22,24H,13-15H2,1H3. The lowest BCUT2D eigenvalue weighted by molar-refractivity contribution is -0.135. The molecule has 166 valence electrons. The van der Waals surface area contributed by atoms with Gasteiger partial charge in [0.05, 0.1) is 31.3 Å². The fourth-order valence-corrected chi connectivity index (χ4v) is 5.63. The number of fused-ring (bicyclic) bond motifs is 6. The van der Waals surface area contributed by atoms with Crippen molar-refractivity contribution in [1.82, 2.24) is 9.80 Å². The van der Waals surface area contributed by atoms with Crippen LogP contribution in [0.2, 0.25) is 0 Å². The molecule has 0 saturated carbocycles. The van der Waals surface area contributed by atoms with Gasteiger partial charge in [-0.1, -0.05) is 48.5 Å². The van der Waals surface area contributed by atoms with Gasteiger partial charge in [-0.3, -0.25) is 9.59 Å². The highest BCUT2D eigenvalue weighted by atomic mass is 16.5. The van der Waals surface area contributed by atoms with Crippen LogP contribution >= 0.6 is 0 Å². The Morgan fingerprint density at radius 1 is 1.03 bits per heavy atom. The van der Waals surface area contributed by atoms with E-state index < -0.39 is 6.04 Å². The summed E-state index contributed by atoms with van der Waals surface area (Å²) in [6.45, 7) is 0.465. The van der Waals surface area contributed by atoms with Crippen molar-refractivity contribution in [3.05, 3.63) is 72.3 Å². The van der Waals surface area contributed by atoms with E-state index in [9.17, 15) is 14.4 Å². The fourth-order valence-electron chi connectivity index (χ4n) is 5.63. The quantitative estimate of drug-likeness (QED) is 0.583. The minimum Gasteiger partial charge on any atom is -0.497 e. The van der Waals surface area contributed by atoms with Crippen molar-refractivity contribution in [2.75, 3.05) is 18.6 Å². The normalized spacial score (nSPS) is 23.5. The van der Waals surface area contributed by atoms with Crippen molar-refractivity contribution in [3.63, 3.8) is 0 Å². The van der Waals surface area contributed by atoms with Crippen molar-refractivity contribution >= 4 is 34.3 Å². The van der Waals surface area contributed by atoms with Crippen LogP contribution in [0.25, 0.3) is 10.8 Å². The van der Waals surface area contributed by atoms with E-state index in [1.54, 1.807) is 16.9 Å². The van der Waals surface area contributed by atoms with Gasteiger partial charge in [0.1, 0.15) is 11.8 Å². The van der Waals surface area contributed by atoms with Gasteiger partial charge in [-0.2, -0.15) is 0 Å². The number of hydrogen-bond donors (Lipinski definition) is 0. The number of nitrogens with zero attached hydrogens (tertiary/aromatic N) is 3. The molecular weight excluding hydrogens is 418 g/mol. The molecule has 0 N–H and O–H groups in total. The van der Waals surface area contributed by atoms with Crippen LogP contribution in [0.1, 0.15) is 12.0 Å². The highest BCUT2D eigenvalue weighted by Gasteiger charge is 2.62. The Morgan fingerprint density at radius 3 is 2.67 bits per heavy atom. The number of ether oxygens (including phenoxy) is 1. The Kier molecular flexibility index (Phi) is 4.40. The molecule has 3 heterocycles. The number of urea groups is 1. The van der Waals surface area contributed by atoms with E-state index in [4.69, 9.17) is 4.74 Å². The predicted molar refractivity (Wildman–Crippen MR) is 123 cm³/mol. The van der Waals surface area contributed by atoms with Crippen LogP contribution in [0, 0.1) is 0 Å². The molecule has 7 heteroatoms. The summed E-state index contributed by atoms with van der Waals surface area (Å²) in [5, 5.41) is 1.84. The van der Waals surface area contributed by atoms with Crippen LogP contribution in [0.3, 0.4) is 0 Å². The molecule has 3 aliphatic heterocycles. The highest BCUT2D eigenvalue weighted by molar-refractivity contribution is 6.25. The molecule has 0 radical (unpaired) electrons. The molecule has 0 aromatic heterocycles. The maximum Gasteiger partial charge on any atom is 0.332 e. The minimum atomic E-state index is -0.621. The summed E-state index contributed by atoms with van der Waals surface area (Å²) in [7, 11) is 1.60. The van der Waals surface area contributed by atoms with Crippen LogP contribution in [-0.4, -0.2) is 59.4 Å². The summed E-state index contributed by atoms with van der Waals surface area (Å²) < 4.78 is 5.26. The molecule has 0 spiro atoms. The SMILES string of the molecule is COc1cccc(CC(=O)N2CC3CC2C2C(=O)N(c4cccc5ccccc45)C(=O)N32)c1. The van der Waals surface area contributed by atoms with Gasteiger partial charge in [0.15, 0.2) is 0 Å². The third-order valence-corrected chi connectivity index (χ3v) is 7.08. The summed E-state index contributed by atoms with van der Waals surface area (Å²) in [6, 6.07) is 19.5. The van der Waals surface area contributed by atoms with Crippen LogP contribution in [0.5, 0.6) is 5.75 Å². The van der Waals surface area contributed by atoms with Crippen molar-refractivity contribution in [3.8, 4) is 5.75 Å². The molecule has 2 bridgehead atoms. The molecule has 3 unspecified atom stereocenters. The predicted octanol–water partition coefficient (Wildman–Crippen LogP) is 3.21. The number of imide groups is 1. The Balaban J connectivity index is 1.28. The number of carbonyl (C=O) groups is 3. The lowest BCUT2D eigenvalue weighted by Gasteiger charge is -2.35. The first-order chi connectivity index (χ1) is 16.1. The second kappa shape index (κ2) is 7.33. The van der Waals surface area contributed by atoms with Crippen molar-refractivity contribution in [2.45, 2.75) is 31.0 Å². The molecule has 3 aliphatic rings. The van der Waals surface area contributed by atoms with Gasteiger partial charge in [0, 0.05) is 11.9 Å². The highest BCUT2D eigenvalue weighted by Crippen LogP contribution is 2.43. The zero-order valence-electron chi connectivity index (χ0n) is 18.2. The largest absolute Gasteiger partial charge is 0.497 e. The van der Waals surface area contributed by atoms with Crippen molar-refractivity contribution in [2.24, 2.45) is 0 Å². The van der Waals surface area contributed by atoms with E-state index in [1.165, 1.54) is 4.90 Å². The molecule has 3 saturated heterocycles. The first-order valence-corrected chi connectivity index (χ1v) is 11.1. The monoisotopic (exact) mass is 441 g/mol. The van der Waals surface area contributed by atoms with Crippen LogP contribution < -0.4 is 9.64 Å². The van der Waals surface area contributed by atoms with E-state index in [1.807, 2.05) is 66.7 Å². The summed E-state index contributed by atoms with van der Waals surface area (Å²) >= 11 is 0. The number of carbonyl (C=O) groups excluding carboxylic acids is 3. The maximum absolute atomic E-state index is 13.6. The first-order valence-electron chi connectivity index (χ1n) is 11.1. The Labute approximate surface area is 191 Å². The van der Waals surface area contributed by atoms with Gasteiger partial charge in [0.2, 0.25) is 5.91 Å². The second-order valence-corrected chi connectivity index (χ2v) is 8.84. The molecule has 3 fully saturated rings. The number of rotatable bonds is 4. The zero-order valence-corrected chi connectivity index (χ0v) is 18.2. The van der Waals surface area contributed by atoms with E-state index in [0.717, 1.165) is 16.3 Å². The molecule has 0 aliphatic carbocycles. The van der Waals surface area contributed by atoms with E-state index in [0.29, 0.717) is 24.4 Å². The average molecular weight is 441 g/mol. The van der Waals surface area contributed by atoms with Crippen LogP contribution in [-0.2, 0) is 16.0 Å². The van der Waals surface area contributed by atoms with Gasteiger partial charge in [-0.15, -0.1) is 0 Å². The Bertz CT molecular complexity index is 1300. The summed E-state index contributed by atoms with van der Waals surface area (Å²) in [6.07, 6.45) is 0.887. The first kappa shape index (κ1) is 19.8. The second-order valence-electron chi connectivity index (χ2n) is 8.84. The molecule has 3 atom stereocenters. The lowest BCUT2D eigenvalue weighted by Crippen LogP contribution is -2.55. The van der Waals surface area contributed by atoms with Gasteiger partial charge in [-0.05, 0) is 35.6 Å². The van der Waals surface area contributed by atoms with Crippen molar-refractivity contribution in [1.29, 1.82) is 0 Å². The molecule has 3 aromatic rings. The number of anilines is 1. The van der Waals surface area contributed by atoms with Gasteiger partial charge in [-0.25, -0.2) is 9.69 Å². The third kappa shape index (κ3) is 2.92. The van der Waals surface area contributed by atoms with Gasteiger partial charge in [0.25, 0.3) is 5.91 Å². The van der Waals surface area contributed by atoms with Gasteiger partial charge >= 0.3 is 6.03 Å². The average Bonchev–Trinajstić information content (AvgIpc) is 3.50. The molecule has 4 amide bonds. The van der Waals surface area contributed by atoms with Crippen LogP contribution in [0.4, 0.5) is 10.5 Å². The summed E-state index contributed by atoms with van der Waals surface area (Å²) in [5.74, 6) is 0.429. The lowest BCUT2D eigenvalue weighted by atomic mass is 10.1. The fraction of sp³-hybridized carbons (Fsp3) is 0.269. The number of piperazine rings is 1. The molecule has 6 rings (SSSR count). The third-order valence-electron chi connectivity index (χ3n) is 7.08. The van der Waals surface area contributed by atoms with E-state index >= 15 is 0 Å². The van der Waals surface area contributed by atoms with Crippen molar-refractivity contribution < 1.29 is 19.1 Å².